The lowest BCUT2D eigenvalue weighted by Crippen LogP contribution is -2.53. The number of amides is 3. The summed E-state index contributed by atoms with van der Waals surface area (Å²) in [7, 11) is -3.94. The SMILES string of the molecule is CCCCCCCCCCCCCCCC(=O)N[C@@H](CCCCN)C(=O)N[C@@H](CCCCN)CN(CC(N)=O)S(=O)(=O)Cc1ccccc1. The molecule has 0 aliphatic heterocycles. The molecule has 0 aliphatic rings. The van der Waals surface area contributed by atoms with Crippen LogP contribution in [0.2, 0.25) is 0 Å². The monoisotopic (exact) mass is 708 g/mol. The van der Waals surface area contributed by atoms with E-state index in [0.717, 1.165) is 23.6 Å². The Hall–Kier alpha value is -2.54. The molecule has 0 fully saturated rings. The van der Waals surface area contributed by atoms with Crippen molar-refractivity contribution in [2.45, 2.75) is 153 Å². The number of nitrogens with one attached hydrogen (secondary N) is 2. The van der Waals surface area contributed by atoms with Crippen molar-refractivity contribution in [2.75, 3.05) is 26.2 Å². The molecule has 0 heterocycles. The standard InChI is InChI=1S/C37H68N6O5S/c1-2-3-4-5-6-7-8-9-10-11-12-13-17-26-36(45)42-34(25-19-21-28-39)37(46)41-33(24-18-20-27-38)29-43(30-35(40)44)49(47,48)31-32-22-15-14-16-23-32/h14-16,22-23,33-34H,2-13,17-21,24-31,38-39H2,1H3,(H2,40,44)(H,41,46)(H,42,45)/t33-,34-/m0/s1. The van der Waals surface area contributed by atoms with Gasteiger partial charge in [0.1, 0.15) is 6.04 Å². The van der Waals surface area contributed by atoms with Crippen LogP contribution in [0.4, 0.5) is 0 Å². The molecule has 1 aromatic carbocycles. The van der Waals surface area contributed by atoms with Crippen LogP contribution in [0.1, 0.15) is 141 Å². The molecule has 282 valence electrons. The molecule has 0 aliphatic carbocycles. The van der Waals surface area contributed by atoms with Crippen LogP contribution in [0, 0.1) is 0 Å². The molecule has 0 saturated carbocycles. The number of primary amides is 1. The zero-order valence-corrected chi connectivity index (χ0v) is 31.2. The van der Waals surface area contributed by atoms with E-state index in [2.05, 4.69) is 17.6 Å². The van der Waals surface area contributed by atoms with Crippen molar-refractivity contribution < 1.29 is 22.8 Å². The largest absolute Gasteiger partial charge is 0.369 e. The fraction of sp³-hybridized carbons (Fsp3) is 0.757. The lowest BCUT2D eigenvalue weighted by Gasteiger charge is -2.29. The minimum absolute atomic E-state index is 0.128. The van der Waals surface area contributed by atoms with Crippen molar-refractivity contribution in [3.63, 3.8) is 0 Å². The number of nitrogens with two attached hydrogens (primary N) is 3. The molecule has 12 heteroatoms. The molecule has 0 spiro atoms. The highest BCUT2D eigenvalue weighted by Gasteiger charge is 2.29. The third-order valence-electron chi connectivity index (χ3n) is 8.80. The highest BCUT2D eigenvalue weighted by atomic mass is 32.2. The quantitative estimate of drug-likeness (QED) is 0.0650. The van der Waals surface area contributed by atoms with Crippen molar-refractivity contribution >= 4 is 27.7 Å². The molecule has 8 N–H and O–H groups in total. The maximum absolute atomic E-state index is 13.6. The van der Waals surface area contributed by atoms with Gasteiger partial charge in [-0.25, -0.2) is 8.42 Å². The molecule has 0 bridgehead atoms. The van der Waals surface area contributed by atoms with Gasteiger partial charge in [0.15, 0.2) is 0 Å². The molecular formula is C37H68N6O5S. The molecule has 1 rings (SSSR count). The predicted molar refractivity (Wildman–Crippen MR) is 200 cm³/mol. The van der Waals surface area contributed by atoms with Gasteiger partial charge in [-0.1, -0.05) is 121 Å². The Bertz CT molecular complexity index is 1120. The summed E-state index contributed by atoms with van der Waals surface area (Å²) < 4.78 is 27.9. The van der Waals surface area contributed by atoms with E-state index in [0.29, 0.717) is 63.6 Å². The van der Waals surface area contributed by atoms with E-state index < -0.39 is 34.6 Å². The summed E-state index contributed by atoms with van der Waals surface area (Å²) in [6, 6.07) is 7.30. The van der Waals surface area contributed by atoms with Gasteiger partial charge in [0.2, 0.25) is 27.7 Å². The summed E-state index contributed by atoms with van der Waals surface area (Å²) >= 11 is 0. The number of nitrogens with zero attached hydrogens (tertiary/aromatic N) is 1. The van der Waals surface area contributed by atoms with Gasteiger partial charge in [0.05, 0.1) is 12.3 Å². The molecule has 0 unspecified atom stereocenters. The number of carbonyl (C=O) groups is 3. The van der Waals surface area contributed by atoms with Crippen molar-refractivity contribution in [1.29, 1.82) is 0 Å². The first kappa shape index (κ1) is 44.5. The summed E-state index contributed by atoms with van der Waals surface area (Å²) in [5, 5.41) is 5.90. The zero-order valence-electron chi connectivity index (χ0n) is 30.3. The van der Waals surface area contributed by atoms with Gasteiger partial charge >= 0.3 is 0 Å². The first-order chi connectivity index (χ1) is 23.6. The zero-order chi connectivity index (χ0) is 36.2. The first-order valence-electron chi connectivity index (χ1n) is 18.9. The molecule has 1 aromatic rings. The second-order valence-electron chi connectivity index (χ2n) is 13.4. The van der Waals surface area contributed by atoms with Gasteiger partial charge in [-0.2, -0.15) is 4.31 Å². The molecule has 11 nitrogen and oxygen atoms in total. The van der Waals surface area contributed by atoms with Crippen LogP contribution in [0.15, 0.2) is 30.3 Å². The first-order valence-corrected chi connectivity index (χ1v) is 20.5. The van der Waals surface area contributed by atoms with E-state index >= 15 is 0 Å². The van der Waals surface area contributed by atoms with Crippen molar-refractivity contribution in [3.05, 3.63) is 35.9 Å². The minimum Gasteiger partial charge on any atom is -0.369 e. The third-order valence-corrected chi connectivity index (χ3v) is 10.6. The van der Waals surface area contributed by atoms with Gasteiger partial charge in [-0.05, 0) is 57.2 Å². The van der Waals surface area contributed by atoms with Crippen LogP contribution < -0.4 is 27.8 Å². The maximum atomic E-state index is 13.6. The average Bonchev–Trinajstić information content (AvgIpc) is 3.06. The third kappa shape index (κ3) is 22.7. The molecular weight excluding hydrogens is 641 g/mol. The summed E-state index contributed by atoms with van der Waals surface area (Å²) in [5.74, 6) is -1.64. The Kier molecular flexibility index (Phi) is 25.6. The number of benzene rings is 1. The van der Waals surface area contributed by atoms with E-state index in [1.807, 2.05) is 0 Å². The van der Waals surface area contributed by atoms with Crippen LogP contribution in [0.3, 0.4) is 0 Å². The molecule has 0 aromatic heterocycles. The molecule has 2 atom stereocenters. The predicted octanol–water partition coefficient (Wildman–Crippen LogP) is 5.01. The number of carbonyl (C=O) groups excluding carboxylic acids is 3. The summed E-state index contributed by atoms with van der Waals surface area (Å²) in [6.45, 7) is 2.54. The second kappa shape index (κ2) is 28.2. The van der Waals surface area contributed by atoms with Crippen LogP contribution in [0.5, 0.6) is 0 Å². The van der Waals surface area contributed by atoms with Gasteiger partial charge < -0.3 is 27.8 Å². The maximum Gasteiger partial charge on any atom is 0.242 e. The number of hydrogen-bond donors (Lipinski definition) is 5. The average molecular weight is 709 g/mol. The van der Waals surface area contributed by atoms with Gasteiger partial charge in [-0.15, -0.1) is 0 Å². The Morgan fingerprint density at radius 3 is 1.78 bits per heavy atom. The summed E-state index contributed by atoms with van der Waals surface area (Å²) in [6.07, 6.45) is 19.8. The van der Waals surface area contributed by atoms with Crippen LogP contribution in [0.25, 0.3) is 0 Å². The summed E-state index contributed by atoms with van der Waals surface area (Å²) in [5.41, 5.74) is 17.4. The van der Waals surface area contributed by atoms with Gasteiger partial charge in [-0.3, -0.25) is 14.4 Å². The smallest absolute Gasteiger partial charge is 0.242 e. The van der Waals surface area contributed by atoms with Crippen molar-refractivity contribution in [1.82, 2.24) is 14.9 Å². The summed E-state index contributed by atoms with van der Waals surface area (Å²) in [4.78, 5) is 38.5. The lowest BCUT2D eigenvalue weighted by molar-refractivity contribution is -0.129. The number of hydrogen-bond acceptors (Lipinski definition) is 7. The molecule has 49 heavy (non-hydrogen) atoms. The second-order valence-corrected chi connectivity index (χ2v) is 15.4. The molecule has 0 saturated heterocycles. The topological polar surface area (TPSA) is 191 Å². The Morgan fingerprint density at radius 2 is 1.24 bits per heavy atom. The highest BCUT2D eigenvalue weighted by molar-refractivity contribution is 7.88. The van der Waals surface area contributed by atoms with E-state index in [1.165, 1.54) is 64.2 Å². The van der Waals surface area contributed by atoms with Gasteiger partial charge in [0.25, 0.3) is 0 Å². The van der Waals surface area contributed by atoms with Crippen LogP contribution >= 0.6 is 0 Å². The Balaban J connectivity index is 2.73. The van der Waals surface area contributed by atoms with Crippen molar-refractivity contribution in [2.24, 2.45) is 17.2 Å². The normalized spacial score (nSPS) is 12.9. The van der Waals surface area contributed by atoms with E-state index in [4.69, 9.17) is 17.2 Å². The van der Waals surface area contributed by atoms with Crippen LogP contribution in [-0.4, -0.2) is 68.7 Å². The number of rotatable bonds is 32. The van der Waals surface area contributed by atoms with Gasteiger partial charge in [0, 0.05) is 19.0 Å². The Labute approximate surface area is 297 Å². The van der Waals surface area contributed by atoms with Crippen molar-refractivity contribution in [3.8, 4) is 0 Å². The fourth-order valence-corrected chi connectivity index (χ4v) is 7.48. The highest BCUT2D eigenvalue weighted by Crippen LogP contribution is 2.15. The van der Waals surface area contributed by atoms with E-state index in [-0.39, 0.29) is 24.1 Å². The van der Waals surface area contributed by atoms with E-state index in [9.17, 15) is 22.8 Å². The molecule has 3 amide bonds. The number of sulfonamides is 1. The number of unbranched alkanes of at least 4 members (excludes halogenated alkanes) is 14. The fourth-order valence-electron chi connectivity index (χ4n) is 5.95. The molecule has 0 radical (unpaired) electrons. The van der Waals surface area contributed by atoms with E-state index in [1.54, 1.807) is 30.3 Å². The Morgan fingerprint density at radius 1 is 0.714 bits per heavy atom. The van der Waals surface area contributed by atoms with Crippen LogP contribution in [-0.2, 0) is 30.2 Å². The minimum atomic E-state index is -3.94. The lowest BCUT2D eigenvalue weighted by atomic mass is 10.0.